The number of aryl methyl sites for hydroxylation is 1. The Morgan fingerprint density at radius 2 is 2.38 bits per heavy atom. The molecule has 16 heavy (non-hydrogen) atoms. The number of carbonyl (C=O) groups excluding carboxylic acids is 1. The molecule has 1 aliphatic rings. The van der Waals surface area contributed by atoms with Gasteiger partial charge in [0.15, 0.2) is 0 Å². The van der Waals surface area contributed by atoms with Crippen molar-refractivity contribution < 1.29 is 4.79 Å². The van der Waals surface area contributed by atoms with Crippen LogP contribution >= 0.6 is 0 Å². The van der Waals surface area contributed by atoms with Crippen LogP contribution in [0.25, 0.3) is 0 Å². The van der Waals surface area contributed by atoms with E-state index in [-0.39, 0.29) is 17.3 Å². The van der Waals surface area contributed by atoms with E-state index in [1.54, 1.807) is 0 Å². The lowest BCUT2D eigenvalue weighted by Gasteiger charge is -2.37. The first-order chi connectivity index (χ1) is 7.63. The first kappa shape index (κ1) is 11.1. The lowest BCUT2D eigenvalue weighted by atomic mass is 9.78. The molecule has 0 radical (unpaired) electrons. The van der Waals surface area contributed by atoms with E-state index in [0.29, 0.717) is 6.54 Å². The van der Waals surface area contributed by atoms with Crippen LogP contribution in [-0.4, -0.2) is 33.2 Å². The van der Waals surface area contributed by atoms with Crippen LogP contribution in [0.2, 0.25) is 0 Å². The predicted octanol–water partition coefficient (Wildman–Crippen LogP) is -0.0217. The molecule has 1 aromatic heterocycles. The number of rotatable bonds is 4. The number of aromatic nitrogens is 3. The van der Waals surface area contributed by atoms with E-state index in [9.17, 15) is 4.79 Å². The summed E-state index contributed by atoms with van der Waals surface area (Å²) in [5, 5.41) is 9.32. The summed E-state index contributed by atoms with van der Waals surface area (Å²) < 4.78 is 0. The minimum atomic E-state index is -0.257. The van der Waals surface area contributed by atoms with Gasteiger partial charge in [-0.15, -0.1) is 5.10 Å². The Hall–Kier alpha value is -1.43. The minimum Gasteiger partial charge on any atom is -0.347 e. The van der Waals surface area contributed by atoms with Gasteiger partial charge in [0.2, 0.25) is 5.82 Å². The van der Waals surface area contributed by atoms with Crippen LogP contribution in [0, 0.1) is 0 Å². The number of hydrogen-bond donors (Lipinski definition) is 3. The smallest absolute Gasteiger partial charge is 0.291 e. The quantitative estimate of drug-likeness (QED) is 0.668. The molecule has 2 rings (SSSR count). The van der Waals surface area contributed by atoms with Crippen LogP contribution in [0.15, 0.2) is 0 Å². The molecular formula is C10H17N5O. The molecule has 1 aliphatic carbocycles. The predicted molar refractivity (Wildman–Crippen MR) is 58.9 cm³/mol. The lowest BCUT2D eigenvalue weighted by molar-refractivity contribution is 0.0919. The van der Waals surface area contributed by atoms with Crippen molar-refractivity contribution in [1.29, 1.82) is 0 Å². The monoisotopic (exact) mass is 223 g/mol. The van der Waals surface area contributed by atoms with E-state index >= 15 is 0 Å². The van der Waals surface area contributed by atoms with Gasteiger partial charge in [0, 0.05) is 18.5 Å². The third kappa shape index (κ3) is 2.21. The van der Waals surface area contributed by atoms with E-state index in [0.717, 1.165) is 31.5 Å². The van der Waals surface area contributed by atoms with Gasteiger partial charge in [-0.05, 0) is 19.3 Å². The Labute approximate surface area is 94.0 Å². The summed E-state index contributed by atoms with van der Waals surface area (Å²) in [5.74, 6) is 0.656. The molecule has 0 saturated heterocycles. The van der Waals surface area contributed by atoms with Gasteiger partial charge in [-0.2, -0.15) is 0 Å². The molecule has 1 saturated carbocycles. The second-order valence-corrected chi connectivity index (χ2v) is 4.36. The van der Waals surface area contributed by atoms with Crippen molar-refractivity contribution in [1.82, 2.24) is 20.5 Å². The fraction of sp³-hybridized carbons (Fsp3) is 0.700. The van der Waals surface area contributed by atoms with Gasteiger partial charge in [0.25, 0.3) is 5.91 Å². The highest BCUT2D eigenvalue weighted by molar-refractivity contribution is 5.90. The first-order valence-electron chi connectivity index (χ1n) is 5.61. The summed E-state index contributed by atoms with van der Waals surface area (Å²) in [5.41, 5.74) is 5.79. The average molecular weight is 223 g/mol. The molecular weight excluding hydrogens is 206 g/mol. The lowest BCUT2D eigenvalue weighted by Crippen LogP contribution is -2.55. The van der Waals surface area contributed by atoms with Crippen molar-refractivity contribution in [2.45, 2.75) is 38.1 Å². The van der Waals surface area contributed by atoms with Gasteiger partial charge < -0.3 is 11.1 Å². The summed E-state index contributed by atoms with van der Waals surface area (Å²) in [6.45, 7) is 2.45. The van der Waals surface area contributed by atoms with E-state index in [1.807, 2.05) is 6.92 Å². The number of H-pyrrole nitrogens is 1. The molecule has 0 atom stereocenters. The highest BCUT2D eigenvalue weighted by Gasteiger charge is 2.32. The maximum atomic E-state index is 11.6. The number of nitrogens with one attached hydrogen (secondary N) is 2. The minimum absolute atomic E-state index is 0.194. The maximum Gasteiger partial charge on any atom is 0.291 e. The van der Waals surface area contributed by atoms with E-state index in [4.69, 9.17) is 5.73 Å². The number of carbonyl (C=O) groups is 1. The molecule has 0 unspecified atom stereocenters. The van der Waals surface area contributed by atoms with Crippen LogP contribution in [0.1, 0.15) is 42.6 Å². The first-order valence-corrected chi connectivity index (χ1v) is 5.61. The Morgan fingerprint density at radius 1 is 1.62 bits per heavy atom. The summed E-state index contributed by atoms with van der Waals surface area (Å²) >= 11 is 0. The fourth-order valence-corrected chi connectivity index (χ4v) is 1.70. The van der Waals surface area contributed by atoms with Crippen LogP contribution < -0.4 is 11.1 Å². The zero-order chi connectivity index (χ0) is 11.6. The zero-order valence-electron chi connectivity index (χ0n) is 9.42. The summed E-state index contributed by atoms with van der Waals surface area (Å²) in [4.78, 5) is 15.7. The van der Waals surface area contributed by atoms with Gasteiger partial charge in [0.1, 0.15) is 5.82 Å². The summed E-state index contributed by atoms with van der Waals surface area (Å²) in [6.07, 6.45) is 3.83. The number of hydrogen-bond acceptors (Lipinski definition) is 4. The number of nitrogens with two attached hydrogens (primary N) is 1. The second-order valence-electron chi connectivity index (χ2n) is 4.36. The highest BCUT2D eigenvalue weighted by atomic mass is 16.2. The zero-order valence-corrected chi connectivity index (χ0v) is 9.42. The third-order valence-electron chi connectivity index (χ3n) is 3.02. The standard InChI is InChI=1S/C10H17N5O/c1-2-7-13-8(15-14-7)9(16)12-6-10(11)4-3-5-10/h2-6,11H2,1H3,(H,12,16)(H,13,14,15). The van der Waals surface area contributed by atoms with Gasteiger partial charge in [-0.3, -0.25) is 9.89 Å². The summed E-state index contributed by atoms with van der Waals surface area (Å²) in [7, 11) is 0. The van der Waals surface area contributed by atoms with Crippen molar-refractivity contribution in [3.8, 4) is 0 Å². The largest absolute Gasteiger partial charge is 0.347 e. The molecule has 1 aromatic rings. The third-order valence-corrected chi connectivity index (χ3v) is 3.02. The molecule has 88 valence electrons. The molecule has 6 heteroatoms. The molecule has 0 bridgehead atoms. The number of amides is 1. The van der Waals surface area contributed by atoms with Gasteiger partial charge >= 0.3 is 0 Å². The van der Waals surface area contributed by atoms with Crippen LogP contribution in [0.5, 0.6) is 0 Å². The highest BCUT2D eigenvalue weighted by Crippen LogP contribution is 2.27. The molecule has 0 aliphatic heterocycles. The van der Waals surface area contributed by atoms with Crippen molar-refractivity contribution >= 4 is 5.91 Å². The normalized spacial score (nSPS) is 17.9. The van der Waals surface area contributed by atoms with Crippen molar-refractivity contribution in [2.75, 3.05) is 6.54 Å². The molecule has 1 heterocycles. The van der Waals surface area contributed by atoms with Crippen molar-refractivity contribution in [2.24, 2.45) is 5.73 Å². The van der Waals surface area contributed by atoms with Crippen molar-refractivity contribution in [3.63, 3.8) is 0 Å². The maximum absolute atomic E-state index is 11.6. The van der Waals surface area contributed by atoms with Crippen LogP contribution in [-0.2, 0) is 6.42 Å². The molecule has 1 fully saturated rings. The Bertz CT molecular complexity index is 382. The van der Waals surface area contributed by atoms with Gasteiger partial charge in [-0.1, -0.05) is 6.92 Å². The second kappa shape index (κ2) is 4.21. The summed E-state index contributed by atoms with van der Waals surface area (Å²) in [6, 6.07) is 0. The Balaban J connectivity index is 1.87. The van der Waals surface area contributed by atoms with E-state index in [2.05, 4.69) is 20.5 Å². The molecule has 4 N–H and O–H groups in total. The fourth-order valence-electron chi connectivity index (χ4n) is 1.70. The average Bonchev–Trinajstić information content (AvgIpc) is 2.71. The van der Waals surface area contributed by atoms with E-state index < -0.39 is 0 Å². The number of nitrogens with zero attached hydrogens (tertiary/aromatic N) is 2. The molecule has 6 nitrogen and oxygen atoms in total. The Kier molecular flexibility index (Phi) is 2.91. The molecule has 1 amide bonds. The molecule has 0 spiro atoms. The van der Waals surface area contributed by atoms with Crippen LogP contribution in [0.3, 0.4) is 0 Å². The SMILES string of the molecule is CCc1nc(C(=O)NCC2(N)CCC2)n[nH]1. The number of aromatic amines is 1. The van der Waals surface area contributed by atoms with Crippen molar-refractivity contribution in [3.05, 3.63) is 11.6 Å². The van der Waals surface area contributed by atoms with Gasteiger partial charge in [0.05, 0.1) is 0 Å². The topological polar surface area (TPSA) is 96.7 Å². The van der Waals surface area contributed by atoms with Gasteiger partial charge in [-0.25, -0.2) is 4.98 Å². The van der Waals surface area contributed by atoms with Crippen LogP contribution in [0.4, 0.5) is 0 Å². The molecule has 0 aromatic carbocycles. The van der Waals surface area contributed by atoms with E-state index in [1.165, 1.54) is 0 Å². The Morgan fingerprint density at radius 3 is 2.88 bits per heavy atom.